The van der Waals surface area contributed by atoms with Gasteiger partial charge in [0.05, 0.1) is 11.5 Å². The first-order valence-corrected chi connectivity index (χ1v) is 12.8. The van der Waals surface area contributed by atoms with Crippen molar-refractivity contribution in [3.8, 4) is 0 Å². The fourth-order valence-corrected chi connectivity index (χ4v) is 5.14. The van der Waals surface area contributed by atoms with Crippen molar-refractivity contribution in [2.24, 2.45) is 5.10 Å². The molecule has 0 bridgehead atoms. The predicted molar refractivity (Wildman–Crippen MR) is 143 cm³/mol. The summed E-state index contributed by atoms with van der Waals surface area (Å²) in [5.41, 5.74) is 8.35. The van der Waals surface area contributed by atoms with E-state index in [-0.39, 0.29) is 22.6 Å². The van der Waals surface area contributed by atoms with Crippen LogP contribution in [0.2, 0.25) is 0 Å². The molecule has 1 heterocycles. The number of rotatable bonds is 6. The van der Waals surface area contributed by atoms with Crippen LogP contribution in [-0.4, -0.2) is 28.2 Å². The molecule has 1 aliphatic rings. The lowest BCUT2D eigenvalue weighted by atomic mass is 9.86. The van der Waals surface area contributed by atoms with Crippen molar-refractivity contribution in [1.82, 2.24) is 10.3 Å². The lowest BCUT2D eigenvalue weighted by Crippen LogP contribution is -2.27. The van der Waals surface area contributed by atoms with Crippen LogP contribution in [0.15, 0.2) is 84.0 Å². The Hall–Kier alpha value is -3.38. The van der Waals surface area contributed by atoms with Crippen molar-refractivity contribution in [1.29, 1.82) is 0 Å². The molecule has 6 heteroatoms. The number of carbonyl (C=O) groups is 2. The molecule has 180 valence electrons. The molecule has 1 N–H and O–H groups in total. The van der Waals surface area contributed by atoms with Crippen molar-refractivity contribution in [2.75, 3.05) is 5.75 Å². The summed E-state index contributed by atoms with van der Waals surface area (Å²) in [4.78, 5) is 27.1. The monoisotopic (exact) mass is 485 g/mol. The van der Waals surface area contributed by atoms with Gasteiger partial charge in [0.25, 0.3) is 5.91 Å². The molecule has 3 aromatic carbocycles. The van der Waals surface area contributed by atoms with Gasteiger partial charge in [-0.1, -0.05) is 87.5 Å². The van der Waals surface area contributed by atoms with Gasteiger partial charge in [-0.2, -0.15) is 5.10 Å². The van der Waals surface area contributed by atoms with Gasteiger partial charge in [0.2, 0.25) is 5.91 Å². The zero-order chi connectivity index (χ0) is 25.0. The molecule has 0 radical (unpaired) electrons. The maximum Gasteiger partial charge on any atom is 0.271 e. The summed E-state index contributed by atoms with van der Waals surface area (Å²) in [5, 5.41) is 4.23. The molecular weight excluding hydrogens is 454 g/mol. The predicted octanol–water partition coefficient (Wildman–Crippen LogP) is 5.91. The number of hydrazone groups is 1. The van der Waals surface area contributed by atoms with Crippen LogP contribution in [0.3, 0.4) is 0 Å². The van der Waals surface area contributed by atoms with Crippen LogP contribution in [0, 0.1) is 0 Å². The first-order valence-electron chi connectivity index (χ1n) is 11.7. The van der Waals surface area contributed by atoms with Gasteiger partial charge >= 0.3 is 0 Å². The van der Waals surface area contributed by atoms with Gasteiger partial charge in [0.1, 0.15) is 5.37 Å². The average Bonchev–Trinajstić information content (AvgIpc) is 3.22. The molecule has 0 spiro atoms. The number of nitrogens with zero attached hydrogens (tertiary/aromatic N) is 2. The first-order chi connectivity index (χ1) is 16.7. The number of carbonyl (C=O) groups excluding carboxylic acids is 2. The Morgan fingerprint density at radius 1 is 0.971 bits per heavy atom. The summed E-state index contributed by atoms with van der Waals surface area (Å²) in [6.45, 7) is 8.99. The highest BCUT2D eigenvalue weighted by Gasteiger charge is 2.32. The number of hydrogen-bond acceptors (Lipinski definition) is 4. The molecule has 1 aliphatic heterocycles. The highest BCUT2D eigenvalue weighted by molar-refractivity contribution is 8.00. The summed E-state index contributed by atoms with van der Waals surface area (Å²) in [6, 6.07) is 25.7. The Labute approximate surface area is 211 Å². The number of nitrogens with one attached hydrogen (secondary N) is 1. The van der Waals surface area contributed by atoms with E-state index in [0.29, 0.717) is 17.9 Å². The van der Waals surface area contributed by atoms with Crippen molar-refractivity contribution in [3.05, 3.63) is 107 Å². The summed E-state index contributed by atoms with van der Waals surface area (Å²) in [7, 11) is 0. The smallest absolute Gasteiger partial charge is 0.271 e. The first kappa shape index (κ1) is 24.7. The number of hydrogen-bond donors (Lipinski definition) is 1. The van der Waals surface area contributed by atoms with Gasteiger partial charge < -0.3 is 4.90 Å². The summed E-state index contributed by atoms with van der Waals surface area (Å²) in [6.07, 6.45) is 0. The Balaban J connectivity index is 1.41. The van der Waals surface area contributed by atoms with Gasteiger partial charge in [-0.15, -0.1) is 11.8 Å². The maximum atomic E-state index is 12.7. The third-order valence-corrected chi connectivity index (χ3v) is 7.37. The van der Waals surface area contributed by atoms with E-state index in [2.05, 4.69) is 43.4 Å². The fourth-order valence-electron chi connectivity index (χ4n) is 3.96. The Kier molecular flexibility index (Phi) is 7.41. The molecule has 0 unspecified atom stereocenters. The topological polar surface area (TPSA) is 61.8 Å². The number of amides is 2. The molecule has 0 aromatic heterocycles. The second kappa shape index (κ2) is 10.5. The van der Waals surface area contributed by atoms with E-state index in [4.69, 9.17) is 0 Å². The van der Waals surface area contributed by atoms with Gasteiger partial charge in [-0.05, 0) is 46.7 Å². The molecular formula is C29H31N3O2S. The van der Waals surface area contributed by atoms with Gasteiger partial charge in [0.15, 0.2) is 0 Å². The van der Waals surface area contributed by atoms with E-state index in [1.807, 2.05) is 66.4 Å². The summed E-state index contributed by atoms with van der Waals surface area (Å²) >= 11 is 1.61. The third-order valence-electron chi connectivity index (χ3n) is 6.12. The highest BCUT2D eigenvalue weighted by atomic mass is 32.2. The van der Waals surface area contributed by atoms with Crippen molar-refractivity contribution in [2.45, 2.75) is 45.0 Å². The molecule has 1 atom stereocenters. The molecule has 4 rings (SSSR count). The van der Waals surface area contributed by atoms with Crippen molar-refractivity contribution >= 4 is 29.3 Å². The molecule has 1 fully saturated rings. The number of thioether (sulfide) groups is 1. The van der Waals surface area contributed by atoms with Crippen molar-refractivity contribution < 1.29 is 9.59 Å². The molecule has 3 aromatic rings. The van der Waals surface area contributed by atoms with E-state index in [1.165, 1.54) is 5.56 Å². The lowest BCUT2D eigenvalue weighted by Gasteiger charge is -2.24. The highest BCUT2D eigenvalue weighted by Crippen LogP contribution is 2.39. The molecule has 5 nitrogen and oxygen atoms in total. The van der Waals surface area contributed by atoms with Gasteiger partial charge in [0, 0.05) is 12.1 Å². The van der Waals surface area contributed by atoms with E-state index in [0.717, 1.165) is 22.4 Å². The van der Waals surface area contributed by atoms with Crippen molar-refractivity contribution in [3.63, 3.8) is 0 Å². The summed E-state index contributed by atoms with van der Waals surface area (Å²) < 4.78 is 0. The Bertz CT molecular complexity index is 1210. The number of benzene rings is 3. The van der Waals surface area contributed by atoms with Crippen LogP contribution >= 0.6 is 11.8 Å². The van der Waals surface area contributed by atoms with Crippen LogP contribution in [0.1, 0.15) is 65.7 Å². The summed E-state index contributed by atoms with van der Waals surface area (Å²) in [5.74, 6) is 0.328. The maximum absolute atomic E-state index is 12.7. The average molecular weight is 486 g/mol. The van der Waals surface area contributed by atoms with Crippen LogP contribution in [0.4, 0.5) is 0 Å². The van der Waals surface area contributed by atoms with Crippen LogP contribution in [0.5, 0.6) is 0 Å². The molecule has 0 saturated carbocycles. The molecule has 2 amide bonds. The second-order valence-corrected chi connectivity index (χ2v) is 10.8. The minimum atomic E-state index is -0.265. The van der Waals surface area contributed by atoms with Crippen LogP contribution < -0.4 is 5.43 Å². The van der Waals surface area contributed by atoms with Crippen LogP contribution in [0.25, 0.3) is 0 Å². The van der Waals surface area contributed by atoms with Gasteiger partial charge in [-0.3, -0.25) is 9.59 Å². The van der Waals surface area contributed by atoms with E-state index in [9.17, 15) is 9.59 Å². The lowest BCUT2D eigenvalue weighted by molar-refractivity contribution is -0.128. The van der Waals surface area contributed by atoms with Gasteiger partial charge in [-0.25, -0.2) is 5.43 Å². The zero-order valence-electron chi connectivity index (χ0n) is 20.6. The van der Waals surface area contributed by atoms with E-state index < -0.39 is 0 Å². The minimum Gasteiger partial charge on any atom is -0.322 e. The standard InChI is InChI=1S/C29H31N3O2S/c1-20(22-14-16-25(17-15-22)29(2,3)4)30-31-27(34)23-10-12-24(13-11-23)28-32(26(33)19-35-28)18-21-8-6-5-7-9-21/h5-17,28H,18-19H2,1-4H3,(H,31,34)/b30-20-/t28-/m0/s1. The third kappa shape index (κ3) is 6.01. The fraction of sp³-hybridized carbons (Fsp3) is 0.276. The zero-order valence-corrected chi connectivity index (χ0v) is 21.4. The molecule has 0 aliphatic carbocycles. The second-order valence-electron chi connectivity index (χ2n) is 9.76. The Morgan fingerprint density at radius 3 is 2.23 bits per heavy atom. The quantitative estimate of drug-likeness (QED) is 0.349. The SMILES string of the molecule is C/C(=N/NC(=O)c1ccc([C@@H]2SCC(=O)N2Cc2ccccc2)cc1)c1ccc(C(C)(C)C)cc1. The molecule has 35 heavy (non-hydrogen) atoms. The van der Waals surface area contributed by atoms with Crippen LogP contribution in [-0.2, 0) is 16.8 Å². The normalized spacial score (nSPS) is 16.5. The Morgan fingerprint density at radius 2 is 1.60 bits per heavy atom. The van der Waals surface area contributed by atoms with E-state index in [1.54, 1.807) is 23.9 Å². The largest absolute Gasteiger partial charge is 0.322 e. The van der Waals surface area contributed by atoms with E-state index >= 15 is 0 Å². The minimum absolute atomic E-state index is 0.0591. The molecule has 1 saturated heterocycles.